The lowest BCUT2D eigenvalue weighted by Crippen LogP contribution is -2.55. The summed E-state index contributed by atoms with van der Waals surface area (Å²) >= 11 is 1.49. The van der Waals surface area contributed by atoms with E-state index in [-0.39, 0.29) is 23.1 Å². The van der Waals surface area contributed by atoms with Crippen molar-refractivity contribution in [1.29, 1.82) is 0 Å². The zero-order chi connectivity index (χ0) is 26.1. The number of likely N-dealkylation sites (N-methyl/N-ethyl adjacent to an activating group) is 1. The maximum atomic E-state index is 13.6. The van der Waals surface area contributed by atoms with Gasteiger partial charge in [-0.3, -0.25) is 19.6 Å². The Kier molecular flexibility index (Phi) is 10.0. The summed E-state index contributed by atoms with van der Waals surface area (Å²) in [6.45, 7) is 6.84. The molecule has 0 fully saturated rings. The number of hydrogen-bond acceptors (Lipinski definition) is 8. The maximum Gasteiger partial charge on any atom is 0.335 e. The minimum absolute atomic E-state index is 0.0219. The number of carbonyl (C=O) groups is 3. The van der Waals surface area contributed by atoms with Crippen LogP contribution in [0.5, 0.6) is 0 Å². The molecule has 1 atom stereocenters. The van der Waals surface area contributed by atoms with E-state index in [1.54, 1.807) is 30.4 Å². The first-order valence-electron chi connectivity index (χ1n) is 12.3. The Morgan fingerprint density at radius 1 is 1.19 bits per heavy atom. The molecule has 1 aliphatic heterocycles. The van der Waals surface area contributed by atoms with Crippen molar-refractivity contribution in [3.8, 4) is 0 Å². The molecule has 1 unspecified atom stereocenters. The van der Waals surface area contributed by atoms with Crippen molar-refractivity contribution < 1.29 is 24.2 Å². The molecule has 1 aliphatic rings. The van der Waals surface area contributed by atoms with Gasteiger partial charge in [0.1, 0.15) is 5.70 Å². The number of carboxylic acids is 1. The van der Waals surface area contributed by atoms with Crippen LogP contribution in [0.25, 0.3) is 0 Å². The average molecular weight is 515 g/mol. The van der Waals surface area contributed by atoms with Crippen LogP contribution in [0, 0.1) is 6.92 Å². The second-order valence-electron chi connectivity index (χ2n) is 8.52. The zero-order valence-electron chi connectivity index (χ0n) is 21.0. The van der Waals surface area contributed by atoms with Gasteiger partial charge in [-0.25, -0.2) is 9.80 Å². The molecule has 0 saturated carbocycles. The van der Waals surface area contributed by atoms with E-state index in [0.717, 1.165) is 36.8 Å². The third kappa shape index (κ3) is 6.50. The lowest BCUT2D eigenvalue weighted by Gasteiger charge is -2.44. The van der Waals surface area contributed by atoms with Gasteiger partial charge in [0.2, 0.25) is 0 Å². The molecule has 194 valence electrons. The summed E-state index contributed by atoms with van der Waals surface area (Å²) in [5.74, 6) is -1.71. The topological polar surface area (TPSA) is 112 Å². The van der Waals surface area contributed by atoms with E-state index >= 15 is 0 Å². The Hall–Kier alpha value is -3.24. The molecule has 0 spiro atoms. The lowest BCUT2D eigenvalue weighted by atomic mass is 9.95. The number of pyridine rings is 1. The van der Waals surface area contributed by atoms with Crippen LogP contribution in [0.2, 0.25) is 0 Å². The first-order chi connectivity index (χ1) is 17.4. The van der Waals surface area contributed by atoms with Crippen molar-refractivity contribution in [2.24, 2.45) is 0 Å². The third-order valence-electron chi connectivity index (χ3n) is 6.11. The van der Waals surface area contributed by atoms with Gasteiger partial charge in [0.25, 0.3) is 5.91 Å². The summed E-state index contributed by atoms with van der Waals surface area (Å²) in [5, 5.41) is 20.7. The molecule has 0 saturated heterocycles. The van der Waals surface area contributed by atoms with E-state index in [9.17, 15) is 19.5 Å². The van der Waals surface area contributed by atoms with E-state index in [1.165, 1.54) is 11.3 Å². The fraction of sp³-hybridized carbons (Fsp3) is 0.462. The minimum atomic E-state index is -1.14. The summed E-state index contributed by atoms with van der Waals surface area (Å²) in [6, 6.07) is 3.09. The number of rotatable bonds is 13. The van der Waals surface area contributed by atoms with Crippen LogP contribution in [0.1, 0.15) is 63.1 Å². The molecule has 9 nitrogen and oxygen atoms in total. The van der Waals surface area contributed by atoms with Crippen LogP contribution < -0.4 is 5.32 Å². The maximum absolute atomic E-state index is 13.6. The number of aromatic nitrogens is 1. The SMILES string of the molecule is CCOC(=O)CCCCCCN1C(c2ccsc2)C(C(=O)O)=C(Nc2cnccc2C)C(=O)N1CC. The fourth-order valence-electron chi connectivity index (χ4n) is 4.33. The van der Waals surface area contributed by atoms with Crippen molar-refractivity contribution in [2.45, 2.75) is 58.9 Å². The molecule has 36 heavy (non-hydrogen) atoms. The highest BCUT2D eigenvalue weighted by Crippen LogP contribution is 2.38. The standard InChI is InChI=1S/C26H34N4O5S/c1-4-29-25(32)23(28-20-16-27-13-11-18(20)3)22(26(33)34)24(19-12-15-36-17-19)30(29)14-9-7-6-8-10-21(31)35-5-2/h11-13,15-17,24,28H,4-10,14H2,1-3H3,(H,33,34). The number of aliphatic carboxylic acids is 1. The van der Waals surface area contributed by atoms with E-state index < -0.39 is 12.0 Å². The molecular weight excluding hydrogens is 480 g/mol. The van der Waals surface area contributed by atoms with Gasteiger partial charge in [0.15, 0.2) is 0 Å². The quantitative estimate of drug-likeness (QED) is 0.296. The van der Waals surface area contributed by atoms with Crippen LogP contribution in [0.4, 0.5) is 5.69 Å². The van der Waals surface area contributed by atoms with Crippen molar-refractivity contribution in [3.05, 3.63) is 57.7 Å². The first-order valence-corrected chi connectivity index (χ1v) is 13.2. The Bertz CT molecular complexity index is 1090. The van der Waals surface area contributed by atoms with Gasteiger partial charge in [-0.05, 0) is 67.6 Å². The predicted molar refractivity (Wildman–Crippen MR) is 138 cm³/mol. The summed E-state index contributed by atoms with van der Waals surface area (Å²) in [7, 11) is 0. The van der Waals surface area contributed by atoms with Crippen molar-refractivity contribution >= 4 is 34.9 Å². The monoisotopic (exact) mass is 514 g/mol. The van der Waals surface area contributed by atoms with Gasteiger partial charge in [-0.2, -0.15) is 11.3 Å². The van der Waals surface area contributed by atoms with Gasteiger partial charge in [-0.1, -0.05) is 12.8 Å². The number of hydrogen-bond donors (Lipinski definition) is 2. The highest BCUT2D eigenvalue weighted by atomic mass is 32.1. The number of aryl methyl sites for hydroxylation is 1. The summed E-state index contributed by atoms with van der Waals surface area (Å²) in [4.78, 5) is 41.9. The predicted octanol–water partition coefficient (Wildman–Crippen LogP) is 4.54. The number of hydrazine groups is 1. The highest BCUT2D eigenvalue weighted by molar-refractivity contribution is 7.08. The summed E-state index contributed by atoms with van der Waals surface area (Å²) < 4.78 is 4.97. The molecule has 1 amide bonds. The average Bonchev–Trinajstić information content (AvgIpc) is 3.38. The smallest absolute Gasteiger partial charge is 0.335 e. The zero-order valence-corrected chi connectivity index (χ0v) is 21.8. The Morgan fingerprint density at radius 3 is 2.61 bits per heavy atom. The van der Waals surface area contributed by atoms with E-state index in [2.05, 4.69) is 10.3 Å². The number of ether oxygens (including phenoxy) is 1. The molecule has 2 N–H and O–H groups in total. The van der Waals surface area contributed by atoms with Crippen molar-refractivity contribution in [3.63, 3.8) is 0 Å². The minimum Gasteiger partial charge on any atom is -0.478 e. The highest BCUT2D eigenvalue weighted by Gasteiger charge is 2.43. The van der Waals surface area contributed by atoms with Crippen LogP contribution >= 0.6 is 11.3 Å². The van der Waals surface area contributed by atoms with E-state index in [0.29, 0.717) is 31.8 Å². The van der Waals surface area contributed by atoms with Gasteiger partial charge in [0.05, 0.1) is 30.1 Å². The van der Waals surface area contributed by atoms with Crippen LogP contribution in [-0.4, -0.2) is 57.7 Å². The number of thiophene rings is 1. The Morgan fingerprint density at radius 2 is 1.97 bits per heavy atom. The largest absolute Gasteiger partial charge is 0.478 e. The van der Waals surface area contributed by atoms with Crippen molar-refractivity contribution in [2.75, 3.05) is 25.0 Å². The van der Waals surface area contributed by atoms with Gasteiger partial charge < -0.3 is 15.2 Å². The normalized spacial score (nSPS) is 16.4. The molecule has 10 heteroatoms. The molecule has 0 bridgehead atoms. The Labute approximate surface area is 215 Å². The van der Waals surface area contributed by atoms with Gasteiger partial charge in [-0.15, -0.1) is 0 Å². The number of carbonyl (C=O) groups excluding carboxylic acids is 2. The number of anilines is 1. The van der Waals surface area contributed by atoms with Crippen LogP contribution in [-0.2, 0) is 19.1 Å². The number of nitrogens with zero attached hydrogens (tertiary/aromatic N) is 3. The summed E-state index contributed by atoms with van der Waals surface area (Å²) in [5.41, 5.74) is 2.36. The molecule has 2 aromatic heterocycles. The van der Waals surface area contributed by atoms with E-state index in [4.69, 9.17) is 4.74 Å². The summed E-state index contributed by atoms with van der Waals surface area (Å²) in [6.07, 6.45) is 6.83. The third-order valence-corrected chi connectivity index (χ3v) is 6.81. The molecule has 0 aliphatic carbocycles. The first kappa shape index (κ1) is 27.3. The van der Waals surface area contributed by atoms with Crippen molar-refractivity contribution in [1.82, 2.24) is 15.0 Å². The Balaban J connectivity index is 1.87. The van der Waals surface area contributed by atoms with Crippen LogP contribution in [0.3, 0.4) is 0 Å². The van der Waals surface area contributed by atoms with E-state index in [1.807, 2.05) is 35.7 Å². The number of carboxylic acid groups (broad SMARTS) is 1. The number of amides is 1. The molecule has 0 aromatic carbocycles. The second-order valence-corrected chi connectivity index (χ2v) is 9.30. The number of esters is 1. The molecule has 0 radical (unpaired) electrons. The van der Waals surface area contributed by atoms with Crippen LogP contribution in [0.15, 0.2) is 46.6 Å². The lowest BCUT2D eigenvalue weighted by molar-refractivity contribution is -0.154. The molecule has 2 aromatic rings. The fourth-order valence-corrected chi connectivity index (χ4v) is 5.01. The van der Waals surface area contributed by atoms with Gasteiger partial charge in [0, 0.05) is 25.7 Å². The number of nitrogens with one attached hydrogen (secondary N) is 1. The number of unbranched alkanes of at least 4 members (excludes halogenated alkanes) is 3. The molecule has 3 heterocycles. The van der Waals surface area contributed by atoms with Gasteiger partial charge >= 0.3 is 11.9 Å². The molecule has 3 rings (SSSR count). The second kappa shape index (κ2) is 13.2. The molecular formula is C26H34N4O5S.